The number of rotatable bonds is 7. The molecule has 0 saturated carbocycles. The number of amides is 2. The van der Waals surface area contributed by atoms with E-state index < -0.39 is 0 Å². The quantitative estimate of drug-likeness (QED) is 0.804. The highest BCUT2D eigenvalue weighted by Crippen LogP contribution is 2.08. The third kappa shape index (κ3) is 6.89. The first kappa shape index (κ1) is 18.7. The predicted molar refractivity (Wildman–Crippen MR) is 99.0 cm³/mol. The van der Waals surface area contributed by atoms with Crippen LogP contribution in [0.25, 0.3) is 0 Å². The van der Waals surface area contributed by atoms with Crippen molar-refractivity contribution in [2.75, 3.05) is 39.3 Å². The van der Waals surface area contributed by atoms with Crippen LogP contribution >= 0.6 is 0 Å². The van der Waals surface area contributed by atoms with Crippen LogP contribution < -0.4 is 10.6 Å². The van der Waals surface area contributed by atoms with Gasteiger partial charge in [-0.3, -0.25) is 9.80 Å². The Hall–Kier alpha value is -1.59. The van der Waals surface area contributed by atoms with Crippen molar-refractivity contribution in [1.29, 1.82) is 0 Å². The number of carbonyl (C=O) groups excluding carboxylic acids is 1. The van der Waals surface area contributed by atoms with E-state index in [2.05, 4.69) is 71.5 Å². The maximum Gasteiger partial charge on any atom is 0.315 e. The molecule has 5 nitrogen and oxygen atoms in total. The molecule has 1 aliphatic rings. The Morgan fingerprint density at radius 2 is 1.67 bits per heavy atom. The molecule has 2 rings (SSSR count). The van der Waals surface area contributed by atoms with E-state index in [-0.39, 0.29) is 12.1 Å². The van der Waals surface area contributed by atoms with Gasteiger partial charge in [-0.2, -0.15) is 0 Å². The third-order valence-electron chi connectivity index (χ3n) is 4.29. The van der Waals surface area contributed by atoms with Crippen molar-refractivity contribution in [3.05, 3.63) is 35.9 Å². The standard InChI is InChI=1S/C19H32N4O/c1-16(2)13-20-19(24)21-17(3)14-22-9-11-23(12-10-22)15-18-7-5-4-6-8-18/h4-8,16-17H,9-15H2,1-3H3,(H2,20,21,24). The van der Waals surface area contributed by atoms with Crippen molar-refractivity contribution in [2.45, 2.75) is 33.4 Å². The normalized spacial score (nSPS) is 17.7. The third-order valence-corrected chi connectivity index (χ3v) is 4.29. The number of nitrogens with zero attached hydrogens (tertiary/aromatic N) is 2. The number of nitrogens with one attached hydrogen (secondary N) is 2. The van der Waals surface area contributed by atoms with Gasteiger partial charge >= 0.3 is 6.03 Å². The maximum absolute atomic E-state index is 11.8. The van der Waals surface area contributed by atoms with E-state index in [1.165, 1.54) is 5.56 Å². The summed E-state index contributed by atoms with van der Waals surface area (Å²) in [6.07, 6.45) is 0. The van der Waals surface area contributed by atoms with E-state index >= 15 is 0 Å². The summed E-state index contributed by atoms with van der Waals surface area (Å²) in [4.78, 5) is 16.7. The Balaban J connectivity index is 1.64. The van der Waals surface area contributed by atoms with Gasteiger partial charge in [0.05, 0.1) is 0 Å². The summed E-state index contributed by atoms with van der Waals surface area (Å²) >= 11 is 0. The molecule has 2 amide bonds. The molecule has 5 heteroatoms. The Labute approximate surface area is 146 Å². The fraction of sp³-hybridized carbons (Fsp3) is 0.632. The molecule has 1 atom stereocenters. The molecule has 1 aromatic carbocycles. The van der Waals surface area contributed by atoms with Crippen molar-refractivity contribution in [2.24, 2.45) is 5.92 Å². The highest BCUT2D eigenvalue weighted by atomic mass is 16.2. The molecule has 0 radical (unpaired) electrons. The lowest BCUT2D eigenvalue weighted by Gasteiger charge is -2.36. The SMILES string of the molecule is CC(C)CNC(=O)NC(C)CN1CCN(Cc2ccccc2)CC1. The average molecular weight is 332 g/mol. The first-order valence-electron chi connectivity index (χ1n) is 9.06. The minimum absolute atomic E-state index is 0.0566. The van der Waals surface area contributed by atoms with Crippen molar-refractivity contribution in [1.82, 2.24) is 20.4 Å². The summed E-state index contributed by atoms with van der Waals surface area (Å²) in [5, 5.41) is 5.94. The summed E-state index contributed by atoms with van der Waals surface area (Å²) in [7, 11) is 0. The first-order valence-corrected chi connectivity index (χ1v) is 9.06. The van der Waals surface area contributed by atoms with Crippen molar-refractivity contribution < 1.29 is 4.79 Å². The minimum atomic E-state index is -0.0566. The predicted octanol–water partition coefficient (Wildman–Crippen LogP) is 2.15. The van der Waals surface area contributed by atoms with Crippen LogP contribution in [0.4, 0.5) is 4.79 Å². The van der Waals surface area contributed by atoms with Gasteiger partial charge in [0.1, 0.15) is 0 Å². The van der Waals surface area contributed by atoms with Gasteiger partial charge in [-0.1, -0.05) is 44.2 Å². The second-order valence-electron chi connectivity index (χ2n) is 7.21. The van der Waals surface area contributed by atoms with Crippen molar-refractivity contribution >= 4 is 6.03 Å². The number of carbonyl (C=O) groups is 1. The van der Waals surface area contributed by atoms with Gasteiger partial charge in [0.25, 0.3) is 0 Å². The fourth-order valence-corrected chi connectivity index (χ4v) is 2.98. The summed E-state index contributed by atoms with van der Waals surface area (Å²) in [5.74, 6) is 0.476. The molecular formula is C19H32N4O. The molecule has 0 aromatic heterocycles. The molecule has 24 heavy (non-hydrogen) atoms. The van der Waals surface area contributed by atoms with Gasteiger partial charge in [-0.15, -0.1) is 0 Å². The molecule has 1 saturated heterocycles. The summed E-state index contributed by atoms with van der Waals surface area (Å²) in [6.45, 7) is 13.2. The summed E-state index contributed by atoms with van der Waals surface area (Å²) in [5.41, 5.74) is 1.38. The van der Waals surface area contributed by atoms with E-state index in [4.69, 9.17) is 0 Å². The Kier molecular flexibility index (Phi) is 7.53. The number of benzene rings is 1. The minimum Gasteiger partial charge on any atom is -0.338 e. The van der Waals surface area contributed by atoms with E-state index in [1.54, 1.807) is 0 Å². The van der Waals surface area contributed by atoms with Gasteiger partial charge in [0, 0.05) is 51.9 Å². The number of piperazine rings is 1. The molecular weight excluding hydrogens is 300 g/mol. The summed E-state index contributed by atoms with van der Waals surface area (Å²) in [6, 6.07) is 10.7. The van der Waals surface area contributed by atoms with Gasteiger partial charge in [0.2, 0.25) is 0 Å². The molecule has 2 N–H and O–H groups in total. The zero-order valence-corrected chi connectivity index (χ0v) is 15.3. The Morgan fingerprint density at radius 1 is 1.04 bits per heavy atom. The molecule has 134 valence electrons. The highest BCUT2D eigenvalue weighted by molar-refractivity contribution is 5.74. The van der Waals surface area contributed by atoms with Crippen LogP contribution in [0.1, 0.15) is 26.3 Å². The van der Waals surface area contributed by atoms with E-state index in [9.17, 15) is 4.79 Å². The van der Waals surface area contributed by atoms with Gasteiger partial charge in [0.15, 0.2) is 0 Å². The van der Waals surface area contributed by atoms with Gasteiger partial charge in [-0.05, 0) is 18.4 Å². The topological polar surface area (TPSA) is 47.6 Å². The fourth-order valence-electron chi connectivity index (χ4n) is 2.98. The lowest BCUT2D eigenvalue weighted by Crippen LogP contribution is -2.51. The monoisotopic (exact) mass is 332 g/mol. The number of hydrogen-bond donors (Lipinski definition) is 2. The second kappa shape index (κ2) is 9.64. The second-order valence-corrected chi connectivity index (χ2v) is 7.21. The van der Waals surface area contributed by atoms with Crippen LogP contribution in [-0.2, 0) is 6.54 Å². The Morgan fingerprint density at radius 3 is 2.29 bits per heavy atom. The van der Waals surface area contributed by atoms with E-state index in [0.717, 1.165) is 45.8 Å². The molecule has 1 heterocycles. The van der Waals surface area contributed by atoms with Crippen LogP contribution in [0.15, 0.2) is 30.3 Å². The highest BCUT2D eigenvalue weighted by Gasteiger charge is 2.19. The number of urea groups is 1. The maximum atomic E-state index is 11.8. The molecule has 1 aromatic rings. The van der Waals surface area contributed by atoms with Crippen LogP contribution in [0.5, 0.6) is 0 Å². The number of hydrogen-bond acceptors (Lipinski definition) is 3. The zero-order valence-electron chi connectivity index (χ0n) is 15.3. The van der Waals surface area contributed by atoms with Crippen LogP contribution in [0.2, 0.25) is 0 Å². The Bertz CT molecular complexity index is 483. The lowest BCUT2D eigenvalue weighted by atomic mass is 10.2. The molecule has 1 fully saturated rings. The van der Waals surface area contributed by atoms with Crippen molar-refractivity contribution in [3.8, 4) is 0 Å². The molecule has 1 aliphatic heterocycles. The van der Waals surface area contributed by atoms with Crippen LogP contribution in [0.3, 0.4) is 0 Å². The average Bonchev–Trinajstić information content (AvgIpc) is 2.56. The molecule has 0 bridgehead atoms. The molecule has 0 spiro atoms. The lowest BCUT2D eigenvalue weighted by molar-refractivity contribution is 0.120. The van der Waals surface area contributed by atoms with Crippen LogP contribution in [-0.4, -0.2) is 61.1 Å². The first-order chi connectivity index (χ1) is 11.5. The molecule has 1 unspecified atom stereocenters. The van der Waals surface area contributed by atoms with Gasteiger partial charge in [-0.25, -0.2) is 4.79 Å². The van der Waals surface area contributed by atoms with Gasteiger partial charge < -0.3 is 10.6 Å². The smallest absolute Gasteiger partial charge is 0.315 e. The van der Waals surface area contributed by atoms with E-state index in [1.807, 2.05) is 0 Å². The van der Waals surface area contributed by atoms with E-state index in [0.29, 0.717) is 5.92 Å². The summed E-state index contributed by atoms with van der Waals surface area (Å²) < 4.78 is 0. The molecule has 0 aliphatic carbocycles. The van der Waals surface area contributed by atoms with Crippen molar-refractivity contribution in [3.63, 3.8) is 0 Å². The van der Waals surface area contributed by atoms with Crippen LogP contribution in [0, 0.1) is 5.92 Å². The zero-order chi connectivity index (χ0) is 17.4. The largest absolute Gasteiger partial charge is 0.338 e.